The van der Waals surface area contributed by atoms with Gasteiger partial charge >= 0.3 is 12.1 Å². The van der Waals surface area contributed by atoms with Gasteiger partial charge in [0.15, 0.2) is 0 Å². The summed E-state index contributed by atoms with van der Waals surface area (Å²) in [6.45, 7) is 4.69. The number of esters is 1. The molecule has 0 spiro atoms. The first-order valence-electron chi connectivity index (χ1n) is 12.6. The Morgan fingerprint density at radius 1 is 0.971 bits per heavy atom. The van der Waals surface area contributed by atoms with Crippen molar-refractivity contribution in [3.8, 4) is 5.75 Å². The van der Waals surface area contributed by atoms with Crippen molar-refractivity contribution in [1.29, 1.82) is 0 Å². The summed E-state index contributed by atoms with van der Waals surface area (Å²) in [6.07, 6.45) is -0.0627. The maximum Gasteiger partial charge on any atom is 0.393 e. The van der Waals surface area contributed by atoms with Crippen LogP contribution in [0.15, 0.2) is 48.5 Å². The van der Waals surface area contributed by atoms with Crippen molar-refractivity contribution in [2.75, 3.05) is 13.2 Å². The Morgan fingerprint density at radius 3 is 2.43 bits per heavy atom. The molecule has 1 atom stereocenters. The Labute approximate surface area is 206 Å². The number of fused-ring (bicyclic) bond motifs is 1. The van der Waals surface area contributed by atoms with Crippen LogP contribution in [0.5, 0.6) is 5.75 Å². The molecule has 1 aliphatic carbocycles. The number of alkyl halides is 3. The second kappa shape index (κ2) is 12.8. The molecule has 0 aliphatic heterocycles. The van der Waals surface area contributed by atoms with Crippen molar-refractivity contribution in [1.82, 2.24) is 0 Å². The lowest BCUT2D eigenvalue weighted by atomic mass is 9.90. The number of rotatable bonds is 11. The summed E-state index contributed by atoms with van der Waals surface area (Å²) < 4.78 is 52.2. The third-order valence-corrected chi connectivity index (χ3v) is 6.48. The highest BCUT2D eigenvalue weighted by molar-refractivity contribution is 5.93. The molecule has 35 heavy (non-hydrogen) atoms. The van der Waals surface area contributed by atoms with E-state index in [1.165, 1.54) is 0 Å². The fourth-order valence-electron chi connectivity index (χ4n) is 4.40. The molecule has 0 heterocycles. The lowest BCUT2D eigenvalue weighted by Gasteiger charge is -2.19. The van der Waals surface area contributed by atoms with Crippen LogP contribution in [0.4, 0.5) is 13.2 Å². The average molecular weight is 489 g/mol. The summed E-state index contributed by atoms with van der Waals surface area (Å²) in [5.74, 6) is 0.429. The van der Waals surface area contributed by atoms with E-state index in [2.05, 4.69) is 0 Å². The Morgan fingerprint density at radius 2 is 1.71 bits per heavy atom. The minimum absolute atomic E-state index is 0.0784. The van der Waals surface area contributed by atoms with E-state index in [9.17, 15) is 18.0 Å². The van der Waals surface area contributed by atoms with E-state index in [0.717, 1.165) is 48.8 Å². The van der Waals surface area contributed by atoms with E-state index in [1.54, 1.807) is 12.1 Å². The lowest BCUT2D eigenvalue weighted by Crippen LogP contribution is -2.14. The first-order chi connectivity index (χ1) is 16.8. The van der Waals surface area contributed by atoms with Crippen LogP contribution in [0, 0.1) is 5.92 Å². The summed E-state index contributed by atoms with van der Waals surface area (Å²) in [5.41, 5.74) is 3.48. The third kappa shape index (κ3) is 7.87. The standard InChI is InChI=1S/C29H35F3O3/c1-3-21(2)28(33)35-19-9-5-8-18-34-27-17-11-15-24-25(27)16-10-14-23(22-12-6-4-7-13-22)26(24)20-29(30,31)32/h4,6-7,11-13,15,17,21H,3,5,8-10,14,16,18-20H2,1-2H3. The first-order valence-corrected chi connectivity index (χ1v) is 12.6. The van der Waals surface area contributed by atoms with Crippen LogP contribution in [0.25, 0.3) is 11.1 Å². The SMILES string of the molecule is CCC(C)C(=O)OCCCCCOc1cccc2c1CCCC(c1ccccc1)=C2CC(F)(F)F. The number of halogens is 3. The molecule has 0 amide bonds. The van der Waals surface area contributed by atoms with Crippen molar-refractivity contribution < 1.29 is 27.4 Å². The number of hydrogen-bond donors (Lipinski definition) is 0. The Kier molecular flexibility index (Phi) is 9.82. The van der Waals surface area contributed by atoms with Crippen molar-refractivity contribution in [3.63, 3.8) is 0 Å². The van der Waals surface area contributed by atoms with Gasteiger partial charge in [0, 0.05) is 5.56 Å². The highest BCUT2D eigenvalue weighted by atomic mass is 19.4. The zero-order valence-electron chi connectivity index (χ0n) is 20.6. The molecule has 0 N–H and O–H groups in total. The van der Waals surface area contributed by atoms with Crippen LogP contribution in [0.2, 0.25) is 0 Å². The molecule has 190 valence electrons. The summed E-state index contributed by atoms with van der Waals surface area (Å²) >= 11 is 0. The fraction of sp³-hybridized carbons (Fsp3) is 0.483. The largest absolute Gasteiger partial charge is 0.493 e. The van der Waals surface area contributed by atoms with Crippen molar-refractivity contribution in [2.24, 2.45) is 5.92 Å². The van der Waals surface area contributed by atoms with E-state index >= 15 is 0 Å². The van der Waals surface area contributed by atoms with Crippen LogP contribution in [0.3, 0.4) is 0 Å². The molecule has 0 aromatic heterocycles. The zero-order chi connectivity index (χ0) is 25.3. The van der Waals surface area contributed by atoms with Gasteiger partial charge in [0.05, 0.1) is 25.6 Å². The molecule has 3 rings (SSSR count). The molecule has 6 heteroatoms. The number of carbonyl (C=O) groups excluding carboxylic acids is 1. The van der Waals surface area contributed by atoms with Crippen LogP contribution in [-0.4, -0.2) is 25.4 Å². The normalized spacial score (nSPS) is 14.8. The Hall–Kier alpha value is -2.76. The molecule has 2 aromatic rings. The van der Waals surface area contributed by atoms with E-state index < -0.39 is 12.6 Å². The fourth-order valence-corrected chi connectivity index (χ4v) is 4.40. The van der Waals surface area contributed by atoms with Crippen molar-refractivity contribution in [3.05, 3.63) is 65.2 Å². The molecular weight excluding hydrogens is 453 g/mol. The van der Waals surface area contributed by atoms with Crippen LogP contribution < -0.4 is 4.74 Å². The van der Waals surface area contributed by atoms with Crippen LogP contribution >= 0.6 is 0 Å². The van der Waals surface area contributed by atoms with Gasteiger partial charge in [0.25, 0.3) is 0 Å². The van der Waals surface area contributed by atoms with Gasteiger partial charge in [0.1, 0.15) is 5.75 Å². The Balaban J connectivity index is 1.69. The zero-order valence-corrected chi connectivity index (χ0v) is 20.6. The highest BCUT2D eigenvalue weighted by Gasteiger charge is 2.33. The summed E-state index contributed by atoms with van der Waals surface area (Å²) in [5, 5.41) is 0. The van der Waals surface area contributed by atoms with E-state index in [0.29, 0.717) is 42.9 Å². The number of unbranched alkanes of at least 4 members (excludes halogenated alkanes) is 2. The van der Waals surface area contributed by atoms with Gasteiger partial charge in [-0.25, -0.2) is 0 Å². The third-order valence-electron chi connectivity index (χ3n) is 6.48. The summed E-state index contributed by atoms with van der Waals surface area (Å²) in [4.78, 5) is 11.7. The molecule has 3 nitrogen and oxygen atoms in total. The minimum atomic E-state index is -4.30. The molecular formula is C29H35F3O3. The quantitative estimate of drug-likeness (QED) is 0.237. The van der Waals surface area contributed by atoms with Gasteiger partial charge in [-0.05, 0) is 73.3 Å². The Bertz CT molecular complexity index is 996. The molecule has 0 fully saturated rings. The van der Waals surface area contributed by atoms with Crippen LogP contribution in [-0.2, 0) is 16.0 Å². The number of allylic oxidation sites excluding steroid dienone is 2. The molecule has 0 radical (unpaired) electrons. The first kappa shape index (κ1) is 26.8. The number of benzene rings is 2. The van der Waals surface area contributed by atoms with Gasteiger partial charge < -0.3 is 9.47 Å². The van der Waals surface area contributed by atoms with Crippen molar-refractivity contribution in [2.45, 2.75) is 71.4 Å². The number of ether oxygens (including phenoxy) is 2. The smallest absolute Gasteiger partial charge is 0.393 e. The maximum atomic E-state index is 13.6. The molecule has 1 aliphatic rings. The van der Waals surface area contributed by atoms with Gasteiger partial charge in [-0.1, -0.05) is 56.3 Å². The van der Waals surface area contributed by atoms with E-state index in [4.69, 9.17) is 9.47 Å². The molecule has 0 saturated heterocycles. The van der Waals surface area contributed by atoms with Gasteiger partial charge in [-0.15, -0.1) is 0 Å². The maximum absolute atomic E-state index is 13.6. The number of carbonyl (C=O) groups is 1. The van der Waals surface area contributed by atoms with Gasteiger partial charge in [-0.2, -0.15) is 13.2 Å². The van der Waals surface area contributed by atoms with E-state index in [1.807, 2.05) is 50.2 Å². The topological polar surface area (TPSA) is 35.5 Å². The second-order valence-corrected chi connectivity index (χ2v) is 9.14. The monoisotopic (exact) mass is 488 g/mol. The molecule has 0 bridgehead atoms. The second-order valence-electron chi connectivity index (χ2n) is 9.14. The number of hydrogen-bond acceptors (Lipinski definition) is 3. The van der Waals surface area contributed by atoms with Crippen LogP contribution in [0.1, 0.15) is 75.5 Å². The van der Waals surface area contributed by atoms with E-state index in [-0.39, 0.29) is 11.9 Å². The highest BCUT2D eigenvalue weighted by Crippen LogP contribution is 2.43. The van der Waals surface area contributed by atoms with Crippen molar-refractivity contribution >= 4 is 17.1 Å². The summed E-state index contributed by atoms with van der Waals surface area (Å²) in [7, 11) is 0. The molecule has 0 saturated carbocycles. The summed E-state index contributed by atoms with van der Waals surface area (Å²) in [6, 6.07) is 14.8. The molecule has 2 aromatic carbocycles. The minimum Gasteiger partial charge on any atom is -0.493 e. The average Bonchev–Trinajstić information content (AvgIpc) is 3.02. The lowest BCUT2D eigenvalue weighted by molar-refractivity contribution is -0.148. The van der Waals surface area contributed by atoms with Gasteiger partial charge in [0.2, 0.25) is 0 Å². The molecule has 1 unspecified atom stereocenters. The predicted octanol–water partition coefficient (Wildman–Crippen LogP) is 8.02. The van der Waals surface area contributed by atoms with Gasteiger partial charge in [-0.3, -0.25) is 4.79 Å². The predicted molar refractivity (Wildman–Crippen MR) is 133 cm³/mol.